The van der Waals surface area contributed by atoms with Crippen LogP contribution in [-0.4, -0.2) is 28.3 Å². The van der Waals surface area contributed by atoms with Crippen LogP contribution in [0.15, 0.2) is 18.2 Å². The van der Waals surface area contributed by atoms with Gasteiger partial charge in [-0.05, 0) is 57.9 Å². The molecule has 0 bridgehead atoms. The summed E-state index contributed by atoms with van der Waals surface area (Å²) >= 11 is 7.84. The molecule has 2 heterocycles. The molecule has 1 fully saturated rings. The van der Waals surface area contributed by atoms with Gasteiger partial charge in [-0.3, -0.25) is 9.69 Å². The summed E-state index contributed by atoms with van der Waals surface area (Å²) in [5.41, 5.74) is 3.15. The molecule has 1 aliphatic rings. The number of hydrogen-bond donors (Lipinski definition) is 0. The van der Waals surface area contributed by atoms with Crippen molar-refractivity contribution in [1.82, 2.24) is 9.88 Å². The summed E-state index contributed by atoms with van der Waals surface area (Å²) in [5.74, 6) is 0.156. The molecule has 5 heteroatoms. The topological polar surface area (TPSA) is 33.2 Å². The van der Waals surface area contributed by atoms with Gasteiger partial charge in [-0.15, -0.1) is 11.3 Å². The zero-order chi connectivity index (χ0) is 17.3. The summed E-state index contributed by atoms with van der Waals surface area (Å²) < 4.78 is 0. The molecule has 128 valence electrons. The van der Waals surface area contributed by atoms with Crippen LogP contribution in [0.25, 0.3) is 11.3 Å². The molecule has 1 aromatic heterocycles. The molecule has 1 aliphatic heterocycles. The fourth-order valence-corrected chi connectivity index (χ4v) is 4.53. The monoisotopic (exact) mass is 362 g/mol. The van der Waals surface area contributed by atoms with Gasteiger partial charge in [0.1, 0.15) is 10.8 Å². The fraction of sp³-hybridized carbons (Fsp3) is 0.474. The molecule has 0 unspecified atom stereocenters. The molecular weight excluding hydrogens is 340 g/mol. The van der Waals surface area contributed by atoms with E-state index in [1.54, 1.807) is 18.3 Å². The first kappa shape index (κ1) is 17.6. The maximum atomic E-state index is 11.5. The number of carbonyl (C=O) groups excluding carboxylic acids is 1. The third-order valence-corrected chi connectivity index (χ3v) is 6.07. The van der Waals surface area contributed by atoms with Gasteiger partial charge in [0.25, 0.3) is 0 Å². The van der Waals surface area contributed by atoms with Crippen molar-refractivity contribution in [3.05, 3.63) is 38.7 Å². The third kappa shape index (κ3) is 3.88. The zero-order valence-corrected chi connectivity index (χ0v) is 16.0. The van der Waals surface area contributed by atoms with E-state index < -0.39 is 0 Å². The lowest BCUT2D eigenvalue weighted by atomic mass is 10.1. The van der Waals surface area contributed by atoms with Gasteiger partial charge in [0.15, 0.2) is 0 Å². The van der Waals surface area contributed by atoms with E-state index in [4.69, 9.17) is 16.6 Å². The minimum Gasteiger partial charge on any atom is -0.300 e. The number of likely N-dealkylation sites (tertiary alicyclic amines) is 1. The lowest BCUT2D eigenvalue weighted by Crippen LogP contribution is -2.25. The largest absolute Gasteiger partial charge is 0.300 e. The Hall–Kier alpha value is -1.23. The van der Waals surface area contributed by atoms with E-state index in [9.17, 15) is 4.79 Å². The fourth-order valence-electron chi connectivity index (χ4n) is 3.23. The normalized spacial score (nSPS) is 18.2. The number of nitrogens with zero attached hydrogens (tertiary/aromatic N) is 2. The van der Waals surface area contributed by atoms with Crippen molar-refractivity contribution in [1.29, 1.82) is 0 Å². The molecule has 0 saturated carbocycles. The second-order valence-electron chi connectivity index (χ2n) is 6.68. The number of benzene rings is 1. The van der Waals surface area contributed by atoms with Gasteiger partial charge in [-0.2, -0.15) is 0 Å². The van der Waals surface area contributed by atoms with Gasteiger partial charge in [-0.1, -0.05) is 17.7 Å². The number of carbonyl (C=O) groups is 1. The summed E-state index contributed by atoms with van der Waals surface area (Å²) in [5, 5.41) is 1.68. The molecule has 0 radical (unpaired) electrons. The van der Waals surface area contributed by atoms with Crippen LogP contribution < -0.4 is 0 Å². The maximum Gasteiger partial charge on any atom is 0.136 e. The van der Waals surface area contributed by atoms with E-state index in [0.29, 0.717) is 12.5 Å². The third-order valence-electron chi connectivity index (χ3n) is 4.61. The first-order chi connectivity index (χ1) is 11.4. The van der Waals surface area contributed by atoms with Gasteiger partial charge in [0, 0.05) is 28.0 Å². The molecule has 24 heavy (non-hydrogen) atoms. The van der Waals surface area contributed by atoms with Gasteiger partial charge in [0.05, 0.1) is 12.1 Å². The molecule has 0 spiro atoms. The Morgan fingerprint density at radius 3 is 2.88 bits per heavy atom. The van der Waals surface area contributed by atoms with E-state index in [-0.39, 0.29) is 5.78 Å². The van der Waals surface area contributed by atoms with Crippen molar-refractivity contribution in [2.45, 2.75) is 52.6 Å². The minimum atomic E-state index is 0.156. The smallest absolute Gasteiger partial charge is 0.136 e. The van der Waals surface area contributed by atoms with E-state index >= 15 is 0 Å². The van der Waals surface area contributed by atoms with E-state index in [1.807, 2.05) is 19.1 Å². The quantitative estimate of drug-likeness (QED) is 0.759. The van der Waals surface area contributed by atoms with Crippen molar-refractivity contribution in [2.24, 2.45) is 0 Å². The number of thiazole rings is 1. The van der Waals surface area contributed by atoms with E-state index in [0.717, 1.165) is 39.9 Å². The molecular formula is C19H23ClN2OS. The SMILES string of the molecule is CC(=O)Cc1nc(-c2ccc(Cl)c(C)c2)c(CN2CCC[C@H]2C)s1. The number of halogens is 1. The highest BCUT2D eigenvalue weighted by Crippen LogP contribution is 2.33. The van der Waals surface area contributed by atoms with Crippen molar-refractivity contribution < 1.29 is 4.79 Å². The molecule has 2 aromatic rings. The van der Waals surface area contributed by atoms with Gasteiger partial charge in [0.2, 0.25) is 0 Å². The second kappa shape index (κ2) is 7.34. The Balaban J connectivity index is 1.96. The van der Waals surface area contributed by atoms with Crippen molar-refractivity contribution in [3.8, 4) is 11.3 Å². The highest BCUT2D eigenvalue weighted by molar-refractivity contribution is 7.12. The molecule has 3 rings (SSSR count). The number of Topliss-reactive ketones (excluding diaryl/α,β-unsaturated/α-hetero) is 1. The van der Waals surface area contributed by atoms with Gasteiger partial charge >= 0.3 is 0 Å². The molecule has 3 nitrogen and oxygen atoms in total. The Kier molecular flexibility index (Phi) is 5.38. The predicted molar refractivity (Wildman–Crippen MR) is 101 cm³/mol. The molecule has 1 aromatic carbocycles. The van der Waals surface area contributed by atoms with Crippen molar-refractivity contribution in [2.75, 3.05) is 6.54 Å². The number of rotatable bonds is 5. The van der Waals surface area contributed by atoms with E-state index in [1.165, 1.54) is 17.7 Å². The van der Waals surface area contributed by atoms with Gasteiger partial charge in [-0.25, -0.2) is 4.98 Å². The van der Waals surface area contributed by atoms with Crippen LogP contribution >= 0.6 is 22.9 Å². The summed E-state index contributed by atoms with van der Waals surface area (Å²) in [7, 11) is 0. The Bertz CT molecular complexity index is 756. The first-order valence-electron chi connectivity index (χ1n) is 8.42. The van der Waals surface area contributed by atoms with Crippen LogP contribution in [0.4, 0.5) is 0 Å². The average Bonchev–Trinajstić information content (AvgIpc) is 3.09. The molecule has 0 amide bonds. The molecule has 1 atom stereocenters. The number of hydrogen-bond acceptors (Lipinski definition) is 4. The average molecular weight is 363 g/mol. The second-order valence-corrected chi connectivity index (χ2v) is 8.26. The lowest BCUT2D eigenvalue weighted by Gasteiger charge is -2.20. The Labute approximate surface area is 152 Å². The summed E-state index contributed by atoms with van der Waals surface area (Å²) in [6.07, 6.45) is 2.93. The minimum absolute atomic E-state index is 0.156. The van der Waals surface area contributed by atoms with Crippen LogP contribution in [0.3, 0.4) is 0 Å². The molecule has 0 N–H and O–H groups in total. The summed E-state index contributed by atoms with van der Waals surface area (Å²) in [6.45, 7) is 7.97. The molecule has 1 saturated heterocycles. The maximum absolute atomic E-state index is 11.5. The number of aryl methyl sites for hydroxylation is 1. The highest BCUT2D eigenvalue weighted by atomic mass is 35.5. The van der Waals surface area contributed by atoms with Crippen LogP contribution in [0.1, 0.15) is 42.1 Å². The lowest BCUT2D eigenvalue weighted by molar-refractivity contribution is -0.116. The van der Waals surface area contributed by atoms with Crippen LogP contribution in [0.2, 0.25) is 5.02 Å². The Morgan fingerprint density at radius 1 is 1.46 bits per heavy atom. The molecule has 0 aliphatic carbocycles. The van der Waals surface area contributed by atoms with Crippen LogP contribution in [0.5, 0.6) is 0 Å². The standard InChI is InChI=1S/C19H23ClN2OS/c1-12-9-15(6-7-16(12)20)19-17(11-22-8-4-5-13(22)2)24-18(21-19)10-14(3)23/h6-7,9,13H,4-5,8,10-11H2,1-3H3/t13-/m1/s1. The zero-order valence-electron chi connectivity index (χ0n) is 14.4. The van der Waals surface area contributed by atoms with E-state index in [2.05, 4.69) is 17.9 Å². The number of aromatic nitrogens is 1. The number of ketones is 1. The van der Waals surface area contributed by atoms with Crippen LogP contribution in [-0.2, 0) is 17.8 Å². The van der Waals surface area contributed by atoms with Crippen molar-refractivity contribution >= 4 is 28.7 Å². The summed E-state index contributed by atoms with van der Waals surface area (Å²) in [4.78, 5) is 20.1. The van der Waals surface area contributed by atoms with Crippen LogP contribution in [0, 0.1) is 6.92 Å². The Morgan fingerprint density at radius 2 is 2.25 bits per heavy atom. The van der Waals surface area contributed by atoms with Gasteiger partial charge < -0.3 is 0 Å². The predicted octanol–water partition coefficient (Wildman–Crippen LogP) is 4.89. The first-order valence-corrected chi connectivity index (χ1v) is 9.62. The van der Waals surface area contributed by atoms with Crippen molar-refractivity contribution in [3.63, 3.8) is 0 Å². The summed E-state index contributed by atoms with van der Waals surface area (Å²) in [6, 6.07) is 6.66. The highest BCUT2D eigenvalue weighted by Gasteiger charge is 2.23.